The van der Waals surface area contributed by atoms with Crippen molar-refractivity contribution in [2.24, 2.45) is 17.8 Å². The van der Waals surface area contributed by atoms with Crippen LogP contribution in [-0.4, -0.2) is 46.1 Å². The standard InChI is InChI=1S/C26H30N2O4/c29-24(30)18-12-10-17(11-13-18)14-28-15-21-22(16-28)23(21)27-25(31)26(32,20-8-4-5-9-20)19-6-2-1-3-7-19/h1-3,6-7,10-13,20-23,32H,4-5,8-9,14-16H2,(H,27,31)(H,29,30)/t21-,22+,23?,26?. The van der Waals surface area contributed by atoms with Gasteiger partial charge >= 0.3 is 5.97 Å². The van der Waals surface area contributed by atoms with Gasteiger partial charge in [-0.15, -0.1) is 0 Å². The second-order valence-corrected chi connectivity index (χ2v) is 9.64. The number of amides is 1. The summed E-state index contributed by atoms with van der Waals surface area (Å²) < 4.78 is 0. The van der Waals surface area contributed by atoms with E-state index in [1.165, 1.54) is 0 Å². The van der Waals surface area contributed by atoms with Crippen LogP contribution >= 0.6 is 0 Å². The Kier molecular flexibility index (Phi) is 5.51. The maximum absolute atomic E-state index is 13.4. The lowest BCUT2D eigenvalue weighted by molar-refractivity contribution is -0.147. The zero-order valence-corrected chi connectivity index (χ0v) is 18.1. The van der Waals surface area contributed by atoms with Crippen LogP contribution in [0.2, 0.25) is 0 Å². The van der Waals surface area contributed by atoms with E-state index in [9.17, 15) is 14.7 Å². The lowest BCUT2D eigenvalue weighted by Gasteiger charge is -2.33. The molecule has 3 aliphatic rings. The number of nitrogens with one attached hydrogen (secondary N) is 1. The molecule has 0 bridgehead atoms. The third-order valence-electron chi connectivity index (χ3n) is 7.68. The van der Waals surface area contributed by atoms with Gasteiger partial charge in [0.15, 0.2) is 5.60 Å². The Bertz CT molecular complexity index is 975. The number of rotatable bonds is 7. The van der Waals surface area contributed by atoms with Crippen LogP contribution in [0, 0.1) is 17.8 Å². The van der Waals surface area contributed by atoms with Gasteiger partial charge in [0.2, 0.25) is 0 Å². The minimum Gasteiger partial charge on any atom is -0.478 e. The number of likely N-dealkylation sites (tertiary alicyclic amines) is 1. The number of aliphatic hydroxyl groups is 1. The zero-order chi connectivity index (χ0) is 22.3. The summed E-state index contributed by atoms with van der Waals surface area (Å²) in [5, 5.41) is 23.9. The molecule has 6 nitrogen and oxygen atoms in total. The van der Waals surface area contributed by atoms with Gasteiger partial charge in [-0.1, -0.05) is 55.3 Å². The molecule has 6 heteroatoms. The van der Waals surface area contributed by atoms with E-state index in [2.05, 4.69) is 10.2 Å². The number of fused-ring (bicyclic) bond motifs is 1. The van der Waals surface area contributed by atoms with Crippen LogP contribution in [-0.2, 0) is 16.9 Å². The smallest absolute Gasteiger partial charge is 0.335 e. The molecule has 168 valence electrons. The first-order valence-electron chi connectivity index (χ1n) is 11.6. The van der Waals surface area contributed by atoms with E-state index >= 15 is 0 Å². The largest absolute Gasteiger partial charge is 0.478 e. The van der Waals surface area contributed by atoms with E-state index in [0.29, 0.717) is 23.0 Å². The van der Waals surface area contributed by atoms with Crippen LogP contribution in [0.15, 0.2) is 54.6 Å². The van der Waals surface area contributed by atoms with Crippen molar-refractivity contribution < 1.29 is 19.8 Å². The van der Waals surface area contributed by atoms with Crippen molar-refractivity contribution in [2.75, 3.05) is 13.1 Å². The Balaban J connectivity index is 1.20. The van der Waals surface area contributed by atoms with Gasteiger partial charge in [-0.25, -0.2) is 4.79 Å². The number of piperidine rings is 1. The summed E-state index contributed by atoms with van der Waals surface area (Å²) in [4.78, 5) is 26.7. The number of carboxylic acids is 1. The highest BCUT2D eigenvalue weighted by atomic mass is 16.4. The fourth-order valence-corrected chi connectivity index (χ4v) is 5.82. The van der Waals surface area contributed by atoms with E-state index in [-0.39, 0.29) is 17.9 Å². The fourth-order valence-electron chi connectivity index (χ4n) is 5.82. The van der Waals surface area contributed by atoms with E-state index in [4.69, 9.17) is 5.11 Å². The summed E-state index contributed by atoms with van der Waals surface area (Å²) in [5.74, 6) is -0.355. The SMILES string of the molecule is O=C(O)c1ccc(CN2C[C@@H]3C(NC(=O)C(O)(c4ccccc4)C4CCCC4)[C@@H]3C2)cc1. The van der Waals surface area contributed by atoms with Crippen molar-refractivity contribution in [2.45, 2.75) is 43.9 Å². The molecule has 0 aromatic heterocycles. The van der Waals surface area contributed by atoms with Crippen molar-refractivity contribution >= 4 is 11.9 Å². The molecule has 1 heterocycles. The van der Waals surface area contributed by atoms with Gasteiger partial charge in [0.05, 0.1) is 5.56 Å². The first-order valence-corrected chi connectivity index (χ1v) is 11.6. The van der Waals surface area contributed by atoms with Crippen LogP contribution in [0.25, 0.3) is 0 Å². The maximum atomic E-state index is 13.4. The Morgan fingerprint density at radius 2 is 1.59 bits per heavy atom. The summed E-state index contributed by atoms with van der Waals surface area (Å²) in [6.45, 7) is 2.59. The average Bonchev–Trinajstić information content (AvgIpc) is 3.22. The van der Waals surface area contributed by atoms with E-state index in [1.807, 2.05) is 42.5 Å². The second kappa shape index (κ2) is 8.34. The maximum Gasteiger partial charge on any atom is 0.335 e. The molecule has 1 amide bonds. The number of hydrogen-bond donors (Lipinski definition) is 3. The minimum absolute atomic E-state index is 0.0336. The summed E-state index contributed by atoms with van der Waals surface area (Å²) in [6, 6.07) is 16.6. The molecule has 3 fully saturated rings. The lowest BCUT2D eigenvalue weighted by Crippen LogP contribution is -2.50. The summed E-state index contributed by atoms with van der Waals surface area (Å²) in [6.07, 6.45) is 3.88. The topological polar surface area (TPSA) is 89.9 Å². The van der Waals surface area contributed by atoms with Gasteiger partial charge in [-0.2, -0.15) is 0 Å². The molecule has 2 aromatic rings. The second-order valence-electron chi connectivity index (χ2n) is 9.64. The molecule has 3 N–H and O–H groups in total. The molecule has 2 aliphatic carbocycles. The molecule has 4 atom stereocenters. The summed E-state index contributed by atoms with van der Waals surface area (Å²) in [5.41, 5.74) is 0.632. The number of carbonyl (C=O) groups is 2. The van der Waals surface area contributed by atoms with Gasteiger partial charge in [-0.05, 0) is 47.9 Å². The third kappa shape index (κ3) is 3.82. The van der Waals surface area contributed by atoms with Crippen LogP contribution in [0.5, 0.6) is 0 Å². The number of aromatic carboxylic acids is 1. The van der Waals surface area contributed by atoms with Crippen molar-refractivity contribution in [3.63, 3.8) is 0 Å². The van der Waals surface area contributed by atoms with Crippen molar-refractivity contribution in [1.29, 1.82) is 0 Å². The molecule has 2 unspecified atom stereocenters. The van der Waals surface area contributed by atoms with Crippen LogP contribution in [0.4, 0.5) is 0 Å². The lowest BCUT2D eigenvalue weighted by atomic mass is 9.79. The predicted molar refractivity (Wildman–Crippen MR) is 120 cm³/mol. The molecule has 0 spiro atoms. The third-order valence-corrected chi connectivity index (χ3v) is 7.68. The van der Waals surface area contributed by atoms with Crippen molar-refractivity contribution in [3.8, 4) is 0 Å². The number of carbonyl (C=O) groups excluding carboxylic acids is 1. The molecular weight excluding hydrogens is 404 g/mol. The van der Waals surface area contributed by atoms with Crippen LogP contribution < -0.4 is 5.32 Å². The van der Waals surface area contributed by atoms with Gasteiger partial charge in [0, 0.05) is 31.6 Å². The molecular formula is C26H30N2O4. The Labute approximate surface area is 188 Å². The first kappa shape index (κ1) is 21.2. The number of hydrogen-bond acceptors (Lipinski definition) is 4. The highest BCUT2D eigenvalue weighted by Crippen LogP contribution is 2.47. The molecule has 32 heavy (non-hydrogen) atoms. The van der Waals surface area contributed by atoms with E-state index < -0.39 is 11.6 Å². The molecule has 2 saturated carbocycles. The monoisotopic (exact) mass is 434 g/mol. The van der Waals surface area contributed by atoms with Crippen LogP contribution in [0.1, 0.15) is 47.2 Å². The van der Waals surface area contributed by atoms with E-state index in [1.54, 1.807) is 12.1 Å². The quantitative estimate of drug-likeness (QED) is 0.623. The van der Waals surface area contributed by atoms with Gasteiger partial charge < -0.3 is 15.5 Å². The summed E-state index contributed by atoms with van der Waals surface area (Å²) >= 11 is 0. The summed E-state index contributed by atoms with van der Waals surface area (Å²) in [7, 11) is 0. The highest BCUT2D eigenvalue weighted by Gasteiger charge is 2.58. The minimum atomic E-state index is -1.46. The molecule has 1 saturated heterocycles. The average molecular weight is 435 g/mol. The van der Waals surface area contributed by atoms with Crippen molar-refractivity contribution in [1.82, 2.24) is 10.2 Å². The first-order chi connectivity index (χ1) is 15.5. The molecule has 2 aromatic carbocycles. The van der Waals surface area contributed by atoms with Crippen molar-refractivity contribution in [3.05, 3.63) is 71.3 Å². The Hall–Kier alpha value is -2.70. The van der Waals surface area contributed by atoms with Gasteiger partial charge in [0.25, 0.3) is 5.91 Å². The molecule has 1 aliphatic heterocycles. The van der Waals surface area contributed by atoms with Gasteiger partial charge in [-0.3, -0.25) is 9.69 Å². The highest BCUT2D eigenvalue weighted by molar-refractivity contribution is 5.88. The normalized spacial score (nSPS) is 27.0. The Morgan fingerprint density at radius 3 is 2.19 bits per heavy atom. The number of carboxylic acid groups (broad SMARTS) is 1. The molecule has 5 rings (SSSR count). The number of benzene rings is 2. The van der Waals surface area contributed by atoms with Gasteiger partial charge in [0.1, 0.15) is 0 Å². The Morgan fingerprint density at radius 1 is 0.969 bits per heavy atom. The van der Waals surface area contributed by atoms with Crippen LogP contribution in [0.3, 0.4) is 0 Å². The zero-order valence-electron chi connectivity index (χ0n) is 18.1. The molecule has 0 radical (unpaired) electrons. The predicted octanol–water partition coefficient (Wildman–Crippen LogP) is 3.01. The number of nitrogens with zero attached hydrogens (tertiary/aromatic N) is 1. The van der Waals surface area contributed by atoms with E-state index in [0.717, 1.165) is 50.9 Å². The fraction of sp³-hybridized carbons (Fsp3) is 0.462.